The molecule has 3 aliphatic rings. The van der Waals surface area contributed by atoms with Crippen molar-refractivity contribution >= 4 is 0 Å². The van der Waals surface area contributed by atoms with Gasteiger partial charge in [0.2, 0.25) is 0 Å². The zero-order valence-electron chi connectivity index (χ0n) is 12.1. The van der Waals surface area contributed by atoms with Gasteiger partial charge in [-0.2, -0.15) is 0 Å². The fourth-order valence-electron chi connectivity index (χ4n) is 3.85. The summed E-state index contributed by atoms with van der Waals surface area (Å²) in [4.78, 5) is 2.64. The van der Waals surface area contributed by atoms with Crippen molar-refractivity contribution in [3.63, 3.8) is 0 Å². The number of morpholine rings is 1. The van der Waals surface area contributed by atoms with Crippen LogP contribution in [0.15, 0.2) is 0 Å². The lowest BCUT2D eigenvalue weighted by Crippen LogP contribution is -2.51. The van der Waals surface area contributed by atoms with Gasteiger partial charge < -0.3 is 14.8 Å². The summed E-state index contributed by atoms with van der Waals surface area (Å²) >= 11 is 0. The molecule has 1 N–H and O–H groups in total. The molecule has 0 aromatic carbocycles. The van der Waals surface area contributed by atoms with E-state index < -0.39 is 0 Å². The number of rotatable bonds is 5. The second kappa shape index (κ2) is 6.53. The van der Waals surface area contributed by atoms with Crippen molar-refractivity contribution in [1.82, 2.24) is 10.2 Å². The highest BCUT2D eigenvalue weighted by Crippen LogP contribution is 2.29. The van der Waals surface area contributed by atoms with Crippen LogP contribution in [0.3, 0.4) is 0 Å². The van der Waals surface area contributed by atoms with Crippen molar-refractivity contribution < 1.29 is 9.47 Å². The first kappa shape index (κ1) is 13.8. The van der Waals surface area contributed by atoms with Gasteiger partial charge in [-0.25, -0.2) is 0 Å². The molecule has 19 heavy (non-hydrogen) atoms. The van der Waals surface area contributed by atoms with Gasteiger partial charge >= 0.3 is 0 Å². The van der Waals surface area contributed by atoms with Gasteiger partial charge in [0.25, 0.3) is 0 Å². The first-order valence-corrected chi connectivity index (χ1v) is 8.05. The third kappa shape index (κ3) is 3.30. The molecule has 4 nitrogen and oxygen atoms in total. The van der Waals surface area contributed by atoms with Crippen LogP contribution in [-0.2, 0) is 9.47 Å². The highest BCUT2D eigenvalue weighted by Gasteiger charge is 2.35. The number of ether oxygens (including phenoxy) is 2. The molecule has 0 spiro atoms. The molecule has 4 heteroatoms. The maximum absolute atomic E-state index is 5.86. The van der Waals surface area contributed by atoms with E-state index >= 15 is 0 Å². The van der Waals surface area contributed by atoms with Crippen LogP contribution in [0.1, 0.15) is 39.0 Å². The lowest BCUT2D eigenvalue weighted by Gasteiger charge is -2.38. The maximum Gasteiger partial charge on any atom is 0.0730 e. The minimum atomic E-state index is 0.434. The van der Waals surface area contributed by atoms with Crippen LogP contribution in [0.5, 0.6) is 0 Å². The summed E-state index contributed by atoms with van der Waals surface area (Å²) in [6.07, 6.45) is 7.33. The lowest BCUT2D eigenvalue weighted by molar-refractivity contribution is -0.0553. The molecular weight excluding hydrogens is 240 g/mol. The maximum atomic E-state index is 5.86. The Morgan fingerprint density at radius 1 is 1.16 bits per heavy atom. The summed E-state index contributed by atoms with van der Waals surface area (Å²) in [6.45, 7) is 7.46. The fourth-order valence-corrected chi connectivity index (χ4v) is 3.85. The molecule has 2 aliphatic heterocycles. The molecule has 0 bridgehead atoms. The summed E-state index contributed by atoms with van der Waals surface area (Å²) in [7, 11) is 0. The molecule has 110 valence electrons. The highest BCUT2D eigenvalue weighted by molar-refractivity contribution is 4.89. The molecule has 0 aromatic rings. The second-order valence-electron chi connectivity index (χ2n) is 6.24. The van der Waals surface area contributed by atoms with Crippen molar-refractivity contribution in [3.05, 3.63) is 0 Å². The van der Waals surface area contributed by atoms with Gasteiger partial charge in [0.05, 0.1) is 18.8 Å². The summed E-state index contributed by atoms with van der Waals surface area (Å²) in [5.74, 6) is 0. The molecular formula is C15H28N2O2. The van der Waals surface area contributed by atoms with Crippen molar-refractivity contribution in [3.8, 4) is 0 Å². The summed E-state index contributed by atoms with van der Waals surface area (Å²) in [6, 6.07) is 1.18. The number of nitrogens with zero attached hydrogens (tertiary/aromatic N) is 1. The van der Waals surface area contributed by atoms with Crippen molar-refractivity contribution in [1.29, 1.82) is 0 Å². The van der Waals surface area contributed by atoms with E-state index in [1.807, 2.05) is 0 Å². The number of fused-ring (bicyclic) bond motifs is 1. The Hall–Kier alpha value is -0.160. The Bertz CT molecular complexity index is 281. The van der Waals surface area contributed by atoms with Crippen molar-refractivity contribution in [2.45, 2.75) is 63.3 Å². The molecule has 3 fully saturated rings. The minimum Gasteiger partial charge on any atom is -0.377 e. The van der Waals surface area contributed by atoms with Crippen LogP contribution in [0.4, 0.5) is 0 Å². The monoisotopic (exact) mass is 268 g/mol. The smallest absolute Gasteiger partial charge is 0.0730 e. The molecule has 4 atom stereocenters. The van der Waals surface area contributed by atoms with E-state index in [2.05, 4.69) is 17.1 Å². The standard InChI is InChI=1S/C15H28N2O2/c1-12(14-6-3-10-18-14)16-7-8-17-9-11-19-15-5-2-4-13(15)17/h12-16H,2-11H2,1H3. The second-order valence-corrected chi connectivity index (χ2v) is 6.24. The average Bonchev–Trinajstić information content (AvgIpc) is 3.10. The first-order valence-electron chi connectivity index (χ1n) is 8.05. The molecule has 1 saturated carbocycles. The number of nitrogens with one attached hydrogen (secondary N) is 1. The number of hydrogen-bond donors (Lipinski definition) is 1. The summed E-state index contributed by atoms with van der Waals surface area (Å²) in [5, 5.41) is 3.64. The van der Waals surface area contributed by atoms with E-state index in [-0.39, 0.29) is 0 Å². The third-order valence-corrected chi connectivity index (χ3v) is 4.99. The van der Waals surface area contributed by atoms with Crippen LogP contribution in [0.2, 0.25) is 0 Å². The zero-order valence-corrected chi connectivity index (χ0v) is 12.1. The van der Waals surface area contributed by atoms with Gasteiger partial charge in [0, 0.05) is 38.3 Å². The minimum absolute atomic E-state index is 0.434. The van der Waals surface area contributed by atoms with E-state index in [9.17, 15) is 0 Å². The Balaban J connectivity index is 1.39. The predicted octanol–water partition coefficient (Wildman–Crippen LogP) is 1.40. The van der Waals surface area contributed by atoms with E-state index in [0.717, 1.165) is 32.8 Å². The molecule has 2 heterocycles. The van der Waals surface area contributed by atoms with Crippen LogP contribution < -0.4 is 5.32 Å². The molecule has 0 radical (unpaired) electrons. The number of hydrogen-bond acceptors (Lipinski definition) is 4. The summed E-state index contributed by atoms with van der Waals surface area (Å²) in [5.41, 5.74) is 0. The highest BCUT2D eigenvalue weighted by atomic mass is 16.5. The molecule has 3 rings (SSSR count). The predicted molar refractivity (Wildman–Crippen MR) is 75.4 cm³/mol. The van der Waals surface area contributed by atoms with E-state index in [0.29, 0.717) is 24.3 Å². The normalized spacial score (nSPS) is 37.4. The summed E-state index contributed by atoms with van der Waals surface area (Å²) < 4.78 is 11.6. The van der Waals surface area contributed by atoms with Gasteiger partial charge in [-0.15, -0.1) is 0 Å². The molecule has 2 saturated heterocycles. The van der Waals surface area contributed by atoms with E-state index in [4.69, 9.17) is 9.47 Å². The van der Waals surface area contributed by atoms with Crippen LogP contribution >= 0.6 is 0 Å². The molecule has 1 aliphatic carbocycles. The Morgan fingerprint density at radius 2 is 2.11 bits per heavy atom. The SMILES string of the molecule is CC(NCCN1CCOC2CCCC21)C1CCCO1. The topological polar surface area (TPSA) is 33.7 Å². The average molecular weight is 268 g/mol. The quantitative estimate of drug-likeness (QED) is 0.817. The van der Waals surface area contributed by atoms with Crippen LogP contribution in [-0.4, -0.2) is 62.0 Å². The van der Waals surface area contributed by atoms with Crippen LogP contribution in [0, 0.1) is 0 Å². The van der Waals surface area contributed by atoms with Gasteiger partial charge in [0.1, 0.15) is 0 Å². The largest absolute Gasteiger partial charge is 0.377 e. The van der Waals surface area contributed by atoms with Gasteiger partial charge in [0.15, 0.2) is 0 Å². The van der Waals surface area contributed by atoms with Crippen LogP contribution in [0.25, 0.3) is 0 Å². The first-order chi connectivity index (χ1) is 9.34. The third-order valence-electron chi connectivity index (χ3n) is 4.99. The van der Waals surface area contributed by atoms with E-state index in [1.165, 1.54) is 32.1 Å². The van der Waals surface area contributed by atoms with E-state index in [1.54, 1.807) is 0 Å². The molecule has 0 amide bonds. The van der Waals surface area contributed by atoms with Gasteiger partial charge in [-0.3, -0.25) is 4.90 Å². The zero-order chi connectivity index (χ0) is 13.1. The van der Waals surface area contributed by atoms with Gasteiger partial charge in [-0.1, -0.05) is 0 Å². The Morgan fingerprint density at radius 3 is 2.95 bits per heavy atom. The Kier molecular flexibility index (Phi) is 4.74. The van der Waals surface area contributed by atoms with Crippen molar-refractivity contribution in [2.24, 2.45) is 0 Å². The van der Waals surface area contributed by atoms with Gasteiger partial charge in [-0.05, 0) is 39.0 Å². The Labute approximate surface area is 116 Å². The molecule has 4 unspecified atom stereocenters. The molecule has 0 aromatic heterocycles. The van der Waals surface area contributed by atoms with Crippen molar-refractivity contribution in [2.75, 3.05) is 32.8 Å². The fraction of sp³-hybridized carbons (Fsp3) is 1.00. The lowest BCUT2D eigenvalue weighted by atomic mass is 10.1.